The normalized spacial score (nSPS) is 12.8. The second-order valence-corrected chi connectivity index (χ2v) is 7.53. The Hall–Kier alpha value is -3.72. The minimum Gasteiger partial charge on any atom is -0.452 e. The fourth-order valence-corrected chi connectivity index (χ4v) is 2.94. The van der Waals surface area contributed by atoms with Crippen LogP contribution in [0, 0.1) is 17.2 Å². The zero-order valence-electron chi connectivity index (χ0n) is 17.2. The lowest BCUT2D eigenvalue weighted by Gasteiger charge is -2.27. The molecule has 30 heavy (non-hydrogen) atoms. The number of rotatable bonds is 6. The van der Waals surface area contributed by atoms with Crippen LogP contribution in [0.5, 0.6) is 0 Å². The Bertz CT molecular complexity index is 1120. The summed E-state index contributed by atoms with van der Waals surface area (Å²) in [6.07, 6.45) is 0. The van der Waals surface area contributed by atoms with Crippen LogP contribution in [0.2, 0.25) is 0 Å². The van der Waals surface area contributed by atoms with Gasteiger partial charge in [-0.3, -0.25) is 4.79 Å². The quantitative estimate of drug-likeness (QED) is 0.628. The number of hydrogen-bond acceptors (Lipinski definition) is 5. The standard InChI is InChI=1S/C24H23N3O3/c1-16(2)24(3,15-25)27-22(28)14-30-23(29)19-13-21(17-9-5-4-6-10-17)26-20-12-8-7-11-18(19)20/h4-13,16H,14H2,1-3H3,(H,27,28)/t24-/m1/s1. The van der Waals surface area contributed by atoms with Crippen LogP contribution in [0.15, 0.2) is 60.7 Å². The summed E-state index contributed by atoms with van der Waals surface area (Å²) >= 11 is 0. The number of aromatic nitrogens is 1. The number of benzene rings is 2. The van der Waals surface area contributed by atoms with E-state index in [0.717, 1.165) is 5.56 Å². The van der Waals surface area contributed by atoms with Crippen molar-refractivity contribution < 1.29 is 14.3 Å². The van der Waals surface area contributed by atoms with Crippen molar-refractivity contribution >= 4 is 22.8 Å². The summed E-state index contributed by atoms with van der Waals surface area (Å²) in [5.74, 6) is -1.24. The first-order valence-corrected chi connectivity index (χ1v) is 9.68. The van der Waals surface area contributed by atoms with Gasteiger partial charge in [0.05, 0.1) is 22.8 Å². The lowest BCUT2D eigenvalue weighted by Crippen LogP contribution is -2.50. The van der Waals surface area contributed by atoms with Gasteiger partial charge in [-0.2, -0.15) is 5.26 Å². The Labute approximate surface area is 175 Å². The Morgan fingerprint density at radius 3 is 2.47 bits per heavy atom. The number of fused-ring (bicyclic) bond motifs is 1. The third kappa shape index (κ3) is 4.47. The summed E-state index contributed by atoms with van der Waals surface area (Å²) < 4.78 is 5.27. The number of pyridine rings is 1. The van der Waals surface area contributed by atoms with E-state index in [1.807, 2.05) is 62.4 Å². The Balaban J connectivity index is 1.84. The molecule has 1 heterocycles. The van der Waals surface area contributed by atoms with Gasteiger partial charge in [-0.15, -0.1) is 0 Å². The van der Waals surface area contributed by atoms with Crippen molar-refractivity contribution in [2.75, 3.05) is 6.61 Å². The van der Waals surface area contributed by atoms with Gasteiger partial charge in [0, 0.05) is 10.9 Å². The summed E-state index contributed by atoms with van der Waals surface area (Å²) in [5, 5.41) is 12.6. The first kappa shape index (κ1) is 21.0. The largest absolute Gasteiger partial charge is 0.452 e. The van der Waals surface area contributed by atoms with Gasteiger partial charge < -0.3 is 10.1 Å². The first-order chi connectivity index (χ1) is 14.3. The van der Waals surface area contributed by atoms with E-state index in [0.29, 0.717) is 22.2 Å². The SMILES string of the molecule is CC(C)[C@@](C)(C#N)NC(=O)COC(=O)c1cc(-c2ccccc2)nc2ccccc12. The molecule has 0 saturated heterocycles. The Morgan fingerprint density at radius 1 is 1.13 bits per heavy atom. The molecule has 3 rings (SSSR count). The lowest BCUT2D eigenvalue weighted by molar-refractivity contribution is -0.125. The van der Waals surface area contributed by atoms with Crippen LogP contribution in [0.1, 0.15) is 31.1 Å². The van der Waals surface area contributed by atoms with Gasteiger partial charge in [0.2, 0.25) is 0 Å². The van der Waals surface area contributed by atoms with Crippen molar-refractivity contribution in [1.29, 1.82) is 5.26 Å². The molecule has 0 fully saturated rings. The van der Waals surface area contributed by atoms with Gasteiger partial charge in [-0.1, -0.05) is 62.4 Å². The number of carbonyl (C=O) groups excluding carboxylic acids is 2. The molecular weight excluding hydrogens is 378 g/mol. The molecule has 3 aromatic rings. The fraction of sp³-hybridized carbons (Fsp3) is 0.250. The third-order valence-corrected chi connectivity index (χ3v) is 5.13. The number of nitrogens with zero attached hydrogens (tertiary/aromatic N) is 2. The Kier molecular flexibility index (Phi) is 6.12. The van der Waals surface area contributed by atoms with Crippen molar-refractivity contribution in [2.24, 2.45) is 5.92 Å². The molecule has 152 valence electrons. The lowest BCUT2D eigenvalue weighted by atomic mass is 9.90. The third-order valence-electron chi connectivity index (χ3n) is 5.13. The molecule has 0 spiro atoms. The maximum atomic E-state index is 12.8. The van der Waals surface area contributed by atoms with Gasteiger partial charge in [0.25, 0.3) is 5.91 Å². The highest BCUT2D eigenvalue weighted by molar-refractivity contribution is 6.05. The van der Waals surface area contributed by atoms with Gasteiger partial charge in [-0.05, 0) is 25.0 Å². The molecule has 6 heteroatoms. The predicted octanol–water partition coefficient (Wildman–Crippen LogP) is 4.11. The van der Waals surface area contributed by atoms with Crippen LogP contribution in [-0.4, -0.2) is 29.0 Å². The van der Waals surface area contributed by atoms with Crippen molar-refractivity contribution in [2.45, 2.75) is 26.3 Å². The second kappa shape index (κ2) is 8.75. The maximum absolute atomic E-state index is 12.8. The molecule has 1 aromatic heterocycles. The number of ether oxygens (including phenoxy) is 1. The second-order valence-electron chi connectivity index (χ2n) is 7.53. The molecule has 0 saturated carbocycles. The predicted molar refractivity (Wildman–Crippen MR) is 114 cm³/mol. The summed E-state index contributed by atoms with van der Waals surface area (Å²) in [6, 6.07) is 20.6. The van der Waals surface area contributed by atoms with Gasteiger partial charge >= 0.3 is 5.97 Å². The minimum absolute atomic E-state index is 0.0975. The van der Waals surface area contributed by atoms with Crippen molar-refractivity contribution in [1.82, 2.24) is 10.3 Å². The van der Waals surface area contributed by atoms with Crippen molar-refractivity contribution in [3.8, 4) is 17.3 Å². The number of nitrogens with one attached hydrogen (secondary N) is 1. The molecule has 0 unspecified atom stereocenters. The molecule has 0 radical (unpaired) electrons. The van der Waals surface area contributed by atoms with E-state index in [2.05, 4.69) is 16.4 Å². The average molecular weight is 401 g/mol. The maximum Gasteiger partial charge on any atom is 0.339 e. The van der Waals surface area contributed by atoms with E-state index < -0.39 is 24.0 Å². The van der Waals surface area contributed by atoms with Crippen molar-refractivity contribution in [3.63, 3.8) is 0 Å². The molecule has 1 N–H and O–H groups in total. The first-order valence-electron chi connectivity index (χ1n) is 9.68. The number of esters is 1. The van der Waals surface area contributed by atoms with Gasteiger partial charge in [0.1, 0.15) is 5.54 Å². The molecule has 1 atom stereocenters. The zero-order valence-corrected chi connectivity index (χ0v) is 17.2. The number of nitriles is 1. The van der Waals surface area contributed by atoms with Crippen LogP contribution in [0.4, 0.5) is 0 Å². The molecule has 0 bridgehead atoms. The van der Waals surface area contributed by atoms with Crippen LogP contribution in [0.25, 0.3) is 22.2 Å². The molecule has 0 aliphatic heterocycles. The topological polar surface area (TPSA) is 92.1 Å². The highest BCUT2D eigenvalue weighted by Crippen LogP contribution is 2.25. The highest BCUT2D eigenvalue weighted by atomic mass is 16.5. The molecule has 0 aliphatic carbocycles. The molecule has 0 aliphatic rings. The minimum atomic E-state index is -1.03. The summed E-state index contributed by atoms with van der Waals surface area (Å²) in [4.78, 5) is 29.7. The zero-order chi connectivity index (χ0) is 21.7. The average Bonchev–Trinajstić information content (AvgIpc) is 2.77. The smallest absolute Gasteiger partial charge is 0.339 e. The molecular formula is C24H23N3O3. The van der Waals surface area contributed by atoms with Crippen LogP contribution < -0.4 is 5.32 Å². The van der Waals surface area contributed by atoms with E-state index in [1.165, 1.54) is 0 Å². The van der Waals surface area contributed by atoms with Crippen LogP contribution in [-0.2, 0) is 9.53 Å². The highest BCUT2D eigenvalue weighted by Gasteiger charge is 2.30. The van der Waals surface area contributed by atoms with Crippen molar-refractivity contribution in [3.05, 3.63) is 66.2 Å². The molecule has 1 amide bonds. The van der Waals surface area contributed by atoms with E-state index in [-0.39, 0.29) is 5.92 Å². The number of carbonyl (C=O) groups is 2. The van der Waals surface area contributed by atoms with Crippen LogP contribution >= 0.6 is 0 Å². The van der Waals surface area contributed by atoms with E-state index in [1.54, 1.807) is 19.1 Å². The monoisotopic (exact) mass is 401 g/mol. The van der Waals surface area contributed by atoms with Crippen LogP contribution in [0.3, 0.4) is 0 Å². The van der Waals surface area contributed by atoms with E-state index in [9.17, 15) is 14.9 Å². The summed E-state index contributed by atoms with van der Waals surface area (Å²) in [6.45, 7) is 4.84. The summed E-state index contributed by atoms with van der Waals surface area (Å²) in [7, 11) is 0. The molecule has 6 nitrogen and oxygen atoms in total. The number of para-hydroxylation sites is 1. The van der Waals surface area contributed by atoms with E-state index in [4.69, 9.17) is 4.74 Å². The Morgan fingerprint density at radius 2 is 1.80 bits per heavy atom. The van der Waals surface area contributed by atoms with Gasteiger partial charge in [0.15, 0.2) is 6.61 Å². The number of hydrogen-bond donors (Lipinski definition) is 1. The summed E-state index contributed by atoms with van der Waals surface area (Å²) in [5.41, 5.74) is 1.47. The van der Waals surface area contributed by atoms with E-state index >= 15 is 0 Å². The number of amides is 1. The molecule has 2 aromatic carbocycles. The van der Waals surface area contributed by atoms with Gasteiger partial charge in [-0.25, -0.2) is 9.78 Å². The fourth-order valence-electron chi connectivity index (χ4n) is 2.94.